The maximum atomic E-state index is 12.3. The number of likely N-dealkylation sites (N-methyl/N-ethyl adjacent to an activating group) is 1. The van der Waals surface area contributed by atoms with E-state index >= 15 is 0 Å². The molecule has 0 radical (unpaired) electrons. The Morgan fingerprint density at radius 3 is 1.93 bits per heavy atom. The zero-order chi connectivity index (χ0) is 11.4. The molecule has 0 amide bonds. The summed E-state index contributed by atoms with van der Waals surface area (Å²) < 4.78 is 24.6. The zero-order valence-electron chi connectivity index (χ0n) is 8.95. The fourth-order valence-electron chi connectivity index (χ4n) is 1.51. The molecule has 15 heavy (non-hydrogen) atoms. The van der Waals surface area contributed by atoms with E-state index in [2.05, 4.69) is 0 Å². The van der Waals surface area contributed by atoms with Crippen LogP contribution in [-0.2, 0) is 0 Å². The summed E-state index contributed by atoms with van der Waals surface area (Å²) in [6, 6.07) is 6.40. The highest BCUT2D eigenvalue weighted by Gasteiger charge is 2.13. The van der Waals surface area contributed by atoms with Gasteiger partial charge in [0.15, 0.2) is 0 Å². The predicted octanol–water partition coefficient (Wildman–Crippen LogP) is 2.19. The lowest BCUT2D eigenvalue weighted by atomic mass is 10.0. The molecule has 1 atom stereocenters. The topological polar surface area (TPSA) is 29.3 Å². The van der Waals surface area contributed by atoms with Crippen molar-refractivity contribution in [3.8, 4) is 0 Å². The van der Waals surface area contributed by atoms with Crippen LogP contribution in [0.4, 0.5) is 8.78 Å². The molecule has 1 unspecified atom stereocenters. The minimum Gasteiger partial charge on any atom is -0.329 e. The van der Waals surface area contributed by atoms with Crippen LogP contribution in [0.1, 0.15) is 23.6 Å². The van der Waals surface area contributed by atoms with Gasteiger partial charge in [0, 0.05) is 18.2 Å². The third kappa shape index (κ3) is 2.97. The Morgan fingerprint density at radius 2 is 1.60 bits per heavy atom. The molecule has 0 aliphatic heterocycles. The molecule has 0 aliphatic rings. The molecule has 0 spiro atoms. The molecule has 0 aliphatic carbocycles. The van der Waals surface area contributed by atoms with Crippen LogP contribution in [0.15, 0.2) is 24.3 Å². The molecule has 1 aromatic rings. The normalized spacial score (nSPS) is 13.5. The van der Waals surface area contributed by atoms with Gasteiger partial charge in [-0.3, -0.25) is 0 Å². The second-order valence-corrected chi connectivity index (χ2v) is 3.68. The van der Waals surface area contributed by atoms with Gasteiger partial charge < -0.3 is 10.6 Å². The molecule has 0 aromatic heterocycles. The maximum absolute atomic E-state index is 12.3. The lowest BCUT2D eigenvalue weighted by Crippen LogP contribution is -2.27. The predicted molar refractivity (Wildman–Crippen MR) is 56.9 cm³/mol. The molecule has 0 heterocycles. The minimum absolute atomic E-state index is 0.0493. The molecule has 0 fully saturated rings. The highest BCUT2D eigenvalue weighted by Crippen LogP contribution is 2.22. The number of rotatable bonds is 4. The summed E-state index contributed by atoms with van der Waals surface area (Å²) in [5, 5.41) is 0. The Balaban J connectivity index is 2.87. The Kier molecular flexibility index (Phi) is 4.17. The van der Waals surface area contributed by atoms with Crippen LogP contribution >= 0.6 is 0 Å². The van der Waals surface area contributed by atoms with Crippen molar-refractivity contribution in [3.05, 3.63) is 35.4 Å². The van der Waals surface area contributed by atoms with E-state index in [9.17, 15) is 8.78 Å². The number of alkyl halides is 2. The monoisotopic (exact) mass is 214 g/mol. The standard InChI is InChI=1S/C11H16F2N2/c1-15(2)10(7-14)8-3-5-9(6-4-8)11(12)13/h3-6,10-11H,7,14H2,1-2H3. The van der Waals surface area contributed by atoms with Crippen LogP contribution in [0, 0.1) is 0 Å². The third-order valence-electron chi connectivity index (χ3n) is 2.42. The van der Waals surface area contributed by atoms with E-state index < -0.39 is 6.43 Å². The molecule has 0 saturated heterocycles. The van der Waals surface area contributed by atoms with Crippen molar-refractivity contribution in [2.45, 2.75) is 12.5 Å². The maximum Gasteiger partial charge on any atom is 0.263 e. The van der Waals surface area contributed by atoms with Gasteiger partial charge in [0.2, 0.25) is 0 Å². The molecule has 1 rings (SSSR count). The Hall–Kier alpha value is -1.00. The van der Waals surface area contributed by atoms with Gasteiger partial charge in [-0.05, 0) is 19.7 Å². The molecule has 1 aromatic carbocycles. The van der Waals surface area contributed by atoms with Crippen LogP contribution in [0.3, 0.4) is 0 Å². The summed E-state index contributed by atoms with van der Waals surface area (Å²) in [6.07, 6.45) is -2.41. The van der Waals surface area contributed by atoms with E-state index in [1.165, 1.54) is 12.1 Å². The molecule has 0 bridgehead atoms. The van der Waals surface area contributed by atoms with Crippen molar-refractivity contribution in [1.82, 2.24) is 4.90 Å². The number of nitrogens with two attached hydrogens (primary N) is 1. The van der Waals surface area contributed by atoms with Gasteiger partial charge in [-0.25, -0.2) is 8.78 Å². The number of hydrogen-bond acceptors (Lipinski definition) is 2. The summed E-state index contributed by atoms with van der Waals surface area (Å²) in [5.41, 5.74) is 6.63. The van der Waals surface area contributed by atoms with Gasteiger partial charge in [0.05, 0.1) is 0 Å². The Labute approximate surface area is 88.7 Å². The van der Waals surface area contributed by atoms with Crippen molar-refractivity contribution < 1.29 is 8.78 Å². The number of halogens is 2. The molecule has 2 nitrogen and oxygen atoms in total. The number of benzene rings is 1. The van der Waals surface area contributed by atoms with Crippen molar-refractivity contribution >= 4 is 0 Å². The van der Waals surface area contributed by atoms with Crippen LogP contribution in [0.2, 0.25) is 0 Å². The Morgan fingerprint density at radius 1 is 1.13 bits per heavy atom. The second kappa shape index (κ2) is 5.19. The molecule has 2 N–H and O–H groups in total. The van der Waals surface area contributed by atoms with E-state index in [-0.39, 0.29) is 11.6 Å². The lowest BCUT2D eigenvalue weighted by molar-refractivity contribution is 0.151. The summed E-state index contributed by atoms with van der Waals surface area (Å²) in [5.74, 6) is 0. The molecule has 84 valence electrons. The van der Waals surface area contributed by atoms with Crippen molar-refractivity contribution in [2.24, 2.45) is 5.73 Å². The summed E-state index contributed by atoms with van der Waals surface area (Å²) >= 11 is 0. The van der Waals surface area contributed by atoms with E-state index in [0.29, 0.717) is 6.54 Å². The first-order valence-corrected chi connectivity index (χ1v) is 4.80. The summed E-state index contributed by atoms with van der Waals surface area (Å²) in [4.78, 5) is 1.97. The minimum atomic E-state index is -2.41. The van der Waals surface area contributed by atoms with E-state index in [1.807, 2.05) is 19.0 Å². The average molecular weight is 214 g/mol. The first-order chi connectivity index (χ1) is 7.06. The number of nitrogens with zero attached hydrogens (tertiary/aromatic N) is 1. The SMILES string of the molecule is CN(C)C(CN)c1ccc(C(F)F)cc1. The van der Waals surface area contributed by atoms with Crippen molar-refractivity contribution in [1.29, 1.82) is 0 Å². The summed E-state index contributed by atoms with van der Waals surface area (Å²) in [7, 11) is 3.83. The second-order valence-electron chi connectivity index (χ2n) is 3.68. The van der Waals surface area contributed by atoms with Gasteiger partial charge in [-0.2, -0.15) is 0 Å². The fraction of sp³-hybridized carbons (Fsp3) is 0.455. The van der Waals surface area contributed by atoms with Gasteiger partial charge in [0.1, 0.15) is 0 Å². The van der Waals surface area contributed by atoms with Gasteiger partial charge >= 0.3 is 0 Å². The number of hydrogen-bond donors (Lipinski definition) is 1. The fourth-order valence-corrected chi connectivity index (χ4v) is 1.51. The highest BCUT2D eigenvalue weighted by molar-refractivity contribution is 5.25. The Bertz CT molecular complexity index is 296. The first-order valence-electron chi connectivity index (χ1n) is 4.80. The van der Waals surface area contributed by atoms with Crippen LogP contribution in [0.25, 0.3) is 0 Å². The van der Waals surface area contributed by atoms with E-state index in [0.717, 1.165) is 5.56 Å². The highest BCUT2D eigenvalue weighted by atomic mass is 19.3. The third-order valence-corrected chi connectivity index (χ3v) is 2.42. The smallest absolute Gasteiger partial charge is 0.263 e. The van der Waals surface area contributed by atoms with E-state index in [4.69, 9.17) is 5.73 Å². The van der Waals surface area contributed by atoms with Crippen LogP contribution in [0.5, 0.6) is 0 Å². The summed E-state index contributed by atoms with van der Waals surface area (Å²) in [6.45, 7) is 0.473. The van der Waals surface area contributed by atoms with Gasteiger partial charge in [-0.15, -0.1) is 0 Å². The van der Waals surface area contributed by atoms with Crippen LogP contribution in [-0.4, -0.2) is 25.5 Å². The van der Waals surface area contributed by atoms with E-state index in [1.54, 1.807) is 12.1 Å². The first kappa shape index (κ1) is 12.1. The average Bonchev–Trinajstić information content (AvgIpc) is 2.19. The van der Waals surface area contributed by atoms with Crippen LogP contribution < -0.4 is 5.73 Å². The molecule has 4 heteroatoms. The van der Waals surface area contributed by atoms with Crippen molar-refractivity contribution in [2.75, 3.05) is 20.6 Å². The molecular formula is C11H16F2N2. The molecule has 0 saturated carbocycles. The van der Waals surface area contributed by atoms with Gasteiger partial charge in [-0.1, -0.05) is 24.3 Å². The van der Waals surface area contributed by atoms with Gasteiger partial charge in [0.25, 0.3) is 6.43 Å². The largest absolute Gasteiger partial charge is 0.329 e. The zero-order valence-corrected chi connectivity index (χ0v) is 8.95. The lowest BCUT2D eigenvalue weighted by Gasteiger charge is -2.23. The van der Waals surface area contributed by atoms with Crippen molar-refractivity contribution in [3.63, 3.8) is 0 Å². The quantitative estimate of drug-likeness (QED) is 0.832. The molecular weight excluding hydrogens is 198 g/mol.